The van der Waals surface area contributed by atoms with Crippen molar-refractivity contribution in [2.45, 2.75) is 0 Å². The maximum absolute atomic E-state index is 6.21. The largest absolute Gasteiger partial charge is 0.383 e. The van der Waals surface area contributed by atoms with E-state index in [0.29, 0.717) is 29.9 Å². The third-order valence-electron chi connectivity index (χ3n) is 6.23. The first-order chi connectivity index (χ1) is 18.0. The Kier molecular flexibility index (Phi) is 10.2. The number of aromatic nitrogens is 2. The van der Waals surface area contributed by atoms with E-state index in [1.165, 1.54) is 0 Å². The fourth-order valence-corrected chi connectivity index (χ4v) is 4.55. The molecular weight excluding hydrogens is 509 g/mol. The molecule has 4 aromatic rings. The molecule has 0 fully saturated rings. The lowest BCUT2D eigenvalue weighted by atomic mass is 10.1. The topological polar surface area (TPSA) is 62.8 Å². The van der Waals surface area contributed by atoms with Crippen LogP contribution in [0.3, 0.4) is 0 Å². The third kappa shape index (κ3) is 7.66. The van der Waals surface area contributed by atoms with E-state index in [-0.39, 0.29) is 0 Å². The Morgan fingerprint density at radius 3 is 2.24 bits per heavy atom. The third-order valence-corrected chi connectivity index (χ3v) is 6.70. The normalized spacial score (nSPS) is 11.5. The van der Waals surface area contributed by atoms with Crippen molar-refractivity contribution in [2.24, 2.45) is 0 Å². The highest BCUT2D eigenvalue weighted by Crippen LogP contribution is 2.27. The minimum Gasteiger partial charge on any atom is -0.383 e. The molecule has 0 saturated heterocycles. The van der Waals surface area contributed by atoms with Gasteiger partial charge in [0.05, 0.1) is 30.9 Å². The van der Waals surface area contributed by atoms with Crippen molar-refractivity contribution in [3.63, 3.8) is 0 Å². The molecule has 4 rings (SSSR count). The van der Waals surface area contributed by atoms with Gasteiger partial charge in [-0.2, -0.15) is 0 Å². The van der Waals surface area contributed by atoms with Crippen molar-refractivity contribution in [3.05, 3.63) is 71.0 Å². The van der Waals surface area contributed by atoms with Crippen molar-refractivity contribution in [1.82, 2.24) is 14.9 Å². The molecule has 0 unspecified atom stereocenters. The molecule has 0 aliphatic heterocycles. The highest BCUT2D eigenvalue weighted by atomic mass is 35.5. The van der Waals surface area contributed by atoms with Crippen LogP contribution in [0.25, 0.3) is 21.8 Å². The van der Waals surface area contributed by atoms with Gasteiger partial charge in [0.1, 0.15) is 0 Å². The molecule has 2 aromatic carbocycles. The zero-order chi connectivity index (χ0) is 26.0. The number of methoxy groups -OCH3 is 1. The van der Waals surface area contributed by atoms with Crippen LogP contribution >= 0.6 is 23.2 Å². The predicted molar refractivity (Wildman–Crippen MR) is 154 cm³/mol. The zero-order valence-corrected chi connectivity index (χ0v) is 22.8. The maximum atomic E-state index is 6.21. The van der Waals surface area contributed by atoms with Crippen LogP contribution in [-0.2, 0) is 9.47 Å². The molecule has 37 heavy (non-hydrogen) atoms. The van der Waals surface area contributed by atoms with E-state index in [1.54, 1.807) is 7.11 Å². The van der Waals surface area contributed by atoms with Crippen molar-refractivity contribution < 1.29 is 9.47 Å². The van der Waals surface area contributed by atoms with Gasteiger partial charge in [-0.05, 0) is 55.6 Å². The molecule has 7 nitrogen and oxygen atoms in total. The summed E-state index contributed by atoms with van der Waals surface area (Å²) in [7, 11) is 3.82. The Hall–Kier alpha value is -2.68. The van der Waals surface area contributed by atoms with Crippen LogP contribution in [0.5, 0.6) is 0 Å². The average molecular weight is 543 g/mol. The number of hydrogen-bond donors (Lipinski definition) is 1. The maximum Gasteiger partial charge on any atom is 0.0737 e. The lowest BCUT2D eigenvalue weighted by Crippen LogP contribution is -2.37. The molecule has 9 heteroatoms. The van der Waals surface area contributed by atoms with Gasteiger partial charge in [0, 0.05) is 84.4 Å². The van der Waals surface area contributed by atoms with E-state index < -0.39 is 0 Å². The minimum atomic E-state index is 0.582. The molecule has 0 aliphatic carbocycles. The Morgan fingerprint density at radius 2 is 1.49 bits per heavy atom. The highest BCUT2D eigenvalue weighted by Gasteiger charge is 2.13. The number of benzene rings is 2. The molecule has 0 bridgehead atoms. The quantitative estimate of drug-likeness (QED) is 0.208. The van der Waals surface area contributed by atoms with Crippen molar-refractivity contribution in [2.75, 3.05) is 76.9 Å². The predicted octanol–water partition coefficient (Wildman–Crippen LogP) is 5.60. The van der Waals surface area contributed by atoms with Gasteiger partial charge in [0.25, 0.3) is 0 Å². The summed E-state index contributed by atoms with van der Waals surface area (Å²) in [6.45, 7) is 6.00. The summed E-state index contributed by atoms with van der Waals surface area (Å²) < 4.78 is 10.9. The minimum absolute atomic E-state index is 0.582. The first kappa shape index (κ1) is 27.4. The molecule has 2 heterocycles. The number of halogens is 2. The number of fused-ring (bicyclic) bond motifs is 2. The summed E-state index contributed by atoms with van der Waals surface area (Å²) >= 11 is 12.3. The van der Waals surface area contributed by atoms with E-state index >= 15 is 0 Å². The zero-order valence-electron chi connectivity index (χ0n) is 21.3. The number of nitrogens with zero attached hydrogens (tertiary/aromatic N) is 4. The lowest BCUT2D eigenvalue weighted by molar-refractivity contribution is 0.0739. The SMILES string of the molecule is COCCOCCN(CCN(C)CCNc1ccnc2cc(Cl)ccc12)c1ccnc2cc(Cl)ccc12. The first-order valence-corrected chi connectivity index (χ1v) is 13.1. The number of ether oxygens (including phenoxy) is 2. The Bertz CT molecular complexity index is 1310. The number of nitrogens with one attached hydrogen (secondary N) is 1. The van der Waals surface area contributed by atoms with Gasteiger partial charge in [0.15, 0.2) is 0 Å². The summed E-state index contributed by atoms with van der Waals surface area (Å²) in [5.74, 6) is 0. The van der Waals surface area contributed by atoms with Gasteiger partial charge >= 0.3 is 0 Å². The summed E-state index contributed by atoms with van der Waals surface area (Å²) in [6.07, 6.45) is 3.65. The summed E-state index contributed by atoms with van der Waals surface area (Å²) in [5.41, 5.74) is 3.97. The molecular formula is C28H33Cl2N5O2. The average Bonchev–Trinajstić information content (AvgIpc) is 2.89. The number of hydrogen-bond acceptors (Lipinski definition) is 7. The fourth-order valence-electron chi connectivity index (χ4n) is 4.21. The summed E-state index contributed by atoms with van der Waals surface area (Å²) in [6, 6.07) is 15.7. The van der Waals surface area contributed by atoms with E-state index in [1.807, 2.05) is 54.9 Å². The molecule has 0 atom stereocenters. The number of rotatable bonds is 14. The second-order valence-electron chi connectivity index (χ2n) is 8.83. The molecule has 1 N–H and O–H groups in total. The van der Waals surface area contributed by atoms with Gasteiger partial charge in [0.2, 0.25) is 0 Å². The molecule has 2 aromatic heterocycles. The van der Waals surface area contributed by atoms with E-state index in [9.17, 15) is 0 Å². The van der Waals surface area contributed by atoms with Crippen molar-refractivity contribution in [1.29, 1.82) is 0 Å². The second kappa shape index (κ2) is 13.7. The van der Waals surface area contributed by atoms with Gasteiger partial charge in [-0.1, -0.05) is 23.2 Å². The van der Waals surface area contributed by atoms with Crippen LogP contribution in [0.2, 0.25) is 10.0 Å². The lowest BCUT2D eigenvalue weighted by Gasteiger charge is -2.28. The second-order valence-corrected chi connectivity index (χ2v) is 9.71. The molecule has 0 aliphatic rings. The smallest absolute Gasteiger partial charge is 0.0737 e. The van der Waals surface area contributed by atoms with Crippen LogP contribution in [0.1, 0.15) is 0 Å². The number of anilines is 2. The van der Waals surface area contributed by atoms with Gasteiger partial charge < -0.3 is 24.6 Å². The van der Waals surface area contributed by atoms with Gasteiger partial charge in [-0.3, -0.25) is 9.97 Å². The van der Waals surface area contributed by atoms with Crippen LogP contribution in [0.4, 0.5) is 11.4 Å². The van der Waals surface area contributed by atoms with Crippen LogP contribution in [-0.4, -0.2) is 81.6 Å². The Morgan fingerprint density at radius 1 is 0.784 bits per heavy atom. The molecule has 0 radical (unpaired) electrons. The Labute approximate surface area is 228 Å². The van der Waals surface area contributed by atoms with Gasteiger partial charge in [-0.25, -0.2) is 0 Å². The van der Waals surface area contributed by atoms with Crippen LogP contribution < -0.4 is 10.2 Å². The van der Waals surface area contributed by atoms with Crippen molar-refractivity contribution in [3.8, 4) is 0 Å². The molecule has 0 amide bonds. The molecule has 0 saturated carbocycles. The summed E-state index contributed by atoms with van der Waals surface area (Å²) in [4.78, 5) is 13.6. The molecule has 0 spiro atoms. The van der Waals surface area contributed by atoms with E-state index in [2.05, 4.69) is 38.2 Å². The Balaban J connectivity index is 1.37. The monoisotopic (exact) mass is 541 g/mol. The van der Waals surface area contributed by atoms with Crippen LogP contribution in [0, 0.1) is 0 Å². The number of pyridine rings is 2. The van der Waals surface area contributed by atoms with Crippen LogP contribution in [0.15, 0.2) is 60.9 Å². The van der Waals surface area contributed by atoms with E-state index in [4.69, 9.17) is 32.7 Å². The summed E-state index contributed by atoms with van der Waals surface area (Å²) in [5, 5.41) is 7.07. The first-order valence-electron chi connectivity index (χ1n) is 12.4. The molecule has 196 valence electrons. The standard InChI is InChI=1S/C28H33Cl2N5O2/c1-34(12-11-33-25-7-9-31-26-19-21(29)3-5-23(25)26)13-14-35(15-16-37-18-17-36-2)28-8-10-32-27-20-22(30)4-6-24(27)28/h3-10,19-20H,11-18H2,1-2H3,(H,31,33). The van der Waals surface area contributed by atoms with E-state index in [0.717, 1.165) is 65.9 Å². The highest BCUT2D eigenvalue weighted by molar-refractivity contribution is 6.31. The van der Waals surface area contributed by atoms with Gasteiger partial charge in [-0.15, -0.1) is 0 Å². The number of likely N-dealkylation sites (N-methyl/N-ethyl adjacent to an activating group) is 1. The van der Waals surface area contributed by atoms with Crippen molar-refractivity contribution >= 4 is 56.4 Å². The fraction of sp³-hybridized carbons (Fsp3) is 0.357.